The monoisotopic (exact) mass is 358 g/mol. The van der Waals surface area contributed by atoms with Crippen molar-refractivity contribution in [3.8, 4) is 0 Å². The number of thiophene rings is 2. The fraction of sp³-hybridized carbons (Fsp3) is 0.353. The Labute approximate surface area is 148 Å². The second kappa shape index (κ2) is 6.14. The van der Waals surface area contributed by atoms with Gasteiger partial charge in [0.2, 0.25) is 0 Å². The van der Waals surface area contributed by atoms with E-state index in [2.05, 4.69) is 39.0 Å². The van der Waals surface area contributed by atoms with Crippen LogP contribution in [0.1, 0.15) is 45.9 Å². The quantitative estimate of drug-likeness (QED) is 0.720. The molecule has 4 rings (SSSR count). The zero-order valence-electron chi connectivity index (χ0n) is 13.5. The van der Waals surface area contributed by atoms with Gasteiger partial charge in [-0.05, 0) is 43.7 Å². The summed E-state index contributed by atoms with van der Waals surface area (Å²) in [5, 5.41) is 9.55. The first-order valence-corrected chi connectivity index (χ1v) is 9.68. The van der Waals surface area contributed by atoms with Crippen molar-refractivity contribution in [1.82, 2.24) is 15.3 Å². The molecule has 1 aliphatic carbocycles. The van der Waals surface area contributed by atoms with Crippen molar-refractivity contribution in [3.05, 3.63) is 39.2 Å². The zero-order valence-corrected chi connectivity index (χ0v) is 15.1. The van der Waals surface area contributed by atoms with Crippen LogP contribution >= 0.6 is 22.7 Å². The molecule has 2 N–H and O–H groups in total. The number of nitrogens with zero attached hydrogens (tertiary/aromatic N) is 2. The first-order valence-electron chi connectivity index (χ1n) is 7.98. The van der Waals surface area contributed by atoms with Gasteiger partial charge < -0.3 is 10.6 Å². The molecule has 1 aliphatic rings. The summed E-state index contributed by atoms with van der Waals surface area (Å²) in [5.74, 6) is 0.801. The minimum Gasteiger partial charge on any atom is -0.362 e. The van der Waals surface area contributed by atoms with Crippen LogP contribution in [0.2, 0.25) is 0 Å². The third-order valence-corrected chi connectivity index (χ3v) is 6.42. The van der Waals surface area contributed by atoms with Crippen molar-refractivity contribution >= 4 is 44.6 Å². The van der Waals surface area contributed by atoms with E-state index >= 15 is 0 Å². The molecular formula is C17H18N4OS2. The molecule has 0 bridgehead atoms. The van der Waals surface area contributed by atoms with Crippen LogP contribution in [0.5, 0.6) is 0 Å². The predicted molar refractivity (Wildman–Crippen MR) is 99.0 cm³/mol. The van der Waals surface area contributed by atoms with Crippen molar-refractivity contribution in [1.29, 1.82) is 0 Å². The summed E-state index contributed by atoms with van der Waals surface area (Å²) >= 11 is 3.16. The number of aromatic nitrogens is 2. The fourth-order valence-corrected chi connectivity index (χ4v) is 4.48. The SMILES string of the molecule is Cc1c(C(=O)NC2CC2)sc2ncnc(NC(C)c3cccs3)c12. The number of aryl methyl sites for hydroxylation is 1. The molecule has 1 fully saturated rings. The van der Waals surface area contributed by atoms with E-state index in [-0.39, 0.29) is 11.9 Å². The first-order chi connectivity index (χ1) is 11.6. The normalized spacial score (nSPS) is 15.4. The number of fused-ring (bicyclic) bond motifs is 1. The van der Waals surface area contributed by atoms with Gasteiger partial charge in [-0.15, -0.1) is 22.7 Å². The number of hydrogen-bond donors (Lipinski definition) is 2. The van der Waals surface area contributed by atoms with Gasteiger partial charge in [0.05, 0.1) is 16.3 Å². The molecule has 0 aromatic carbocycles. The Morgan fingerprint density at radius 1 is 1.38 bits per heavy atom. The minimum atomic E-state index is 0.00950. The molecule has 0 aliphatic heterocycles. The van der Waals surface area contributed by atoms with E-state index in [1.165, 1.54) is 16.2 Å². The maximum Gasteiger partial charge on any atom is 0.261 e. The summed E-state index contributed by atoms with van der Waals surface area (Å²) in [7, 11) is 0. The highest BCUT2D eigenvalue weighted by Gasteiger charge is 2.26. The molecular weight excluding hydrogens is 340 g/mol. The Kier molecular flexibility index (Phi) is 3.97. The Morgan fingerprint density at radius 3 is 2.92 bits per heavy atom. The largest absolute Gasteiger partial charge is 0.362 e. The van der Waals surface area contributed by atoms with E-state index in [9.17, 15) is 4.79 Å². The van der Waals surface area contributed by atoms with E-state index in [4.69, 9.17) is 0 Å². The van der Waals surface area contributed by atoms with Gasteiger partial charge in [0.1, 0.15) is 17.0 Å². The third-order valence-electron chi connectivity index (χ3n) is 4.17. The zero-order chi connectivity index (χ0) is 16.7. The average molecular weight is 358 g/mol. The number of carbonyl (C=O) groups is 1. The molecule has 0 radical (unpaired) electrons. The lowest BCUT2D eigenvalue weighted by Crippen LogP contribution is -2.25. The topological polar surface area (TPSA) is 66.9 Å². The number of carbonyl (C=O) groups excluding carboxylic acids is 1. The fourth-order valence-electron chi connectivity index (χ4n) is 2.69. The maximum atomic E-state index is 12.4. The molecule has 124 valence electrons. The molecule has 0 saturated heterocycles. The second-order valence-corrected chi connectivity index (χ2v) is 8.07. The van der Waals surface area contributed by atoms with Crippen LogP contribution in [0.25, 0.3) is 10.2 Å². The third kappa shape index (κ3) is 2.89. The summed E-state index contributed by atoms with van der Waals surface area (Å²) in [5.41, 5.74) is 0.953. The van der Waals surface area contributed by atoms with Gasteiger partial charge in [0.15, 0.2) is 0 Å². The van der Waals surface area contributed by atoms with Crippen LogP contribution in [0, 0.1) is 6.92 Å². The molecule has 1 amide bonds. The summed E-state index contributed by atoms with van der Waals surface area (Å²) < 4.78 is 0. The molecule has 3 aromatic rings. The standard InChI is InChI=1S/C17H18N4OS2/c1-9-13-15(20-10(2)12-4-3-7-23-12)18-8-19-17(13)24-14(9)16(22)21-11-5-6-11/h3-4,7-8,10-11H,5-6H2,1-2H3,(H,21,22)(H,18,19,20). The number of rotatable bonds is 5. The van der Waals surface area contributed by atoms with Crippen molar-refractivity contribution in [2.24, 2.45) is 0 Å². The summed E-state index contributed by atoms with van der Waals surface area (Å²) in [6.07, 6.45) is 3.73. The van der Waals surface area contributed by atoms with Crippen LogP contribution in [0.4, 0.5) is 5.82 Å². The van der Waals surface area contributed by atoms with Crippen LogP contribution in [0.15, 0.2) is 23.8 Å². The Bertz CT molecular complexity index is 884. The predicted octanol–water partition coefficient (Wildman–Crippen LogP) is 4.13. The van der Waals surface area contributed by atoms with E-state index < -0.39 is 0 Å². The highest BCUT2D eigenvalue weighted by atomic mass is 32.1. The molecule has 3 heterocycles. The molecule has 0 spiro atoms. The lowest BCUT2D eigenvalue weighted by Gasteiger charge is -2.13. The lowest BCUT2D eigenvalue weighted by molar-refractivity contribution is 0.0954. The van der Waals surface area contributed by atoms with E-state index in [1.807, 2.05) is 13.0 Å². The highest BCUT2D eigenvalue weighted by Crippen LogP contribution is 2.35. The number of amides is 1. The summed E-state index contributed by atoms with van der Waals surface area (Å²) in [6, 6.07) is 4.66. The van der Waals surface area contributed by atoms with Crippen LogP contribution < -0.4 is 10.6 Å². The smallest absolute Gasteiger partial charge is 0.261 e. The van der Waals surface area contributed by atoms with Gasteiger partial charge in [-0.1, -0.05) is 6.07 Å². The van der Waals surface area contributed by atoms with E-state index in [0.717, 1.165) is 39.3 Å². The average Bonchev–Trinajstić information content (AvgIpc) is 3.09. The van der Waals surface area contributed by atoms with Crippen molar-refractivity contribution in [2.75, 3.05) is 5.32 Å². The Hall–Kier alpha value is -1.99. The Balaban J connectivity index is 1.68. The van der Waals surface area contributed by atoms with Crippen molar-refractivity contribution in [2.45, 2.75) is 38.8 Å². The highest BCUT2D eigenvalue weighted by molar-refractivity contribution is 7.20. The molecule has 1 unspecified atom stereocenters. The van der Waals surface area contributed by atoms with Crippen molar-refractivity contribution in [3.63, 3.8) is 0 Å². The lowest BCUT2D eigenvalue weighted by atomic mass is 10.2. The van der Waals surface area contributed by atoms with Crippen LogP contribution in [0.3, 0.4) is 0 Å². The van der Waals surface area contributed by atoms with Gasteiger partial charge in [0.25, 0.3) is 5.91 Å². The van der Waals surface area contributed by atoms with Gasteiger partial charge in [0, 0.05) is 10.9 Å². The van der Waals surface area contributed by atoms with E-state index in [1.54, 1.807) is 17.7 Å². The number of nitrogens with one attached hydrogen (secondary N) is 2. The molecule has 1 atom stereocenters. The van der Waals surface area contributed by atoms with Gasteiger partial charge >= 0.3 is 0 Å². The molecule has 5 nitrogen and oxygen atoms in total. The van der Waals surface area contributed by atoms with Gasteiger partial charge in [-0.25, -0.2) is 9.97 Å². The van der Waals surface area contributed by atoms with Crippen LogP contribution in [-0.2, 0) is 0 Å². The van der Waals surface area contributed by atoms with E-state index in [0.29, 0.717) is 6.04 Å². The Morgan fingerprint density at radius 2 is 2.21 bits per heavy atom. The second-order valence-electron chi connectivity index (χ2n) is 6.09. The minimum absolute atomic E-state index is 0.00950. The molecule has 1 saturated carbocycles. The van der Waals surface area contributed by atoms with Crippen LogP contribution in [-0.4, -0.2) is 21.9 Å². The number of anilines is 1. The molecule has 3 aromatic heterocycles. The molecule has 24 heavy (non-hydrogen) atoms. The van der Waals surface area contributed by atoms with Gasteiger partial charge in [-0.2, -0.15) is 0 Å². The summed E-state index contributed by atoms with van der Waals surface area (Å²) in [6.45, 7) is 4.09. The van der Waals surface area contributed by atoms with Crippen molar-refractivity contribution < 1.29 is 4.79 Å². The maximum absolute atomic E-state index is 12.4. The van der Waals surface area contributed by atoms with Gasteiger partial charge in [-0.3, -0.25) is 4.79 Å². The molecule has 7 heteroatoms. The summed E-state index contributed by atoms with van der Waals surface area (Å²) in [4.78, 5) is 24.1. The number of hydrogen-bond acceptors (Lipinski definition) is 6. The first kappa shape index (κ1) is 15.5.